The third kappa shape index (κ3) is 6.97. The molecule has 0 fully saturated rings. The summed E-state index contributed by atoms with van der Waals surface area (Å²) in [6.45, 7) is 2.45. The topological polar surface area (TPSA) is 108 Å². The lowest BCUT2D eigenvalue weighted by molar-refractivity contribution is -0.440. The van der Waals surface area contributed by atoms with E-state index in [9.17, 15) is 76.8 Å². The van der Waals surface area contributed by atoms with E-state index in [1.54, 1.807) is 0 Å². The lowest BCUT2D eigenvalue weighted by Crippen LogP contribution is -2.70. The van der Waals surface area contributed by atoms with Gasteiger partial charge in [-0.2, -0.15) is 57.1 Å². The number of carbonyl (C=O) groups is 2. The van der Waals surface area contributed by atoms with Crippen molar-refractivity contribution >= 4 is 17.6 Å². The number of nitrogens with one attached hydrogen (secondary N) is 1. The minimum absolute atomic E-state index is 0.0700. The molecule has 1 heterocycles. The Morgan fingerprint density at radius 2 is 1.30 bits per heavy atom. The van der Waals surface area contributed by atoms with Gasteiger partial charge in [-0.15, -0.1) is 0 Å². The van der Waals surface area contributed by atoms with Gasteiger partial charge in [0.25, 0.3) is 5.69 Å². The van der Waals surface area contributed by atoms with Gasteiger partial charge in [-0.05, 0) is 32.8 Å². The number of allylic oxidation sites excluding steroid dienone is 2. The molecule has 1 N–H and O–H groups in total. The van der Waals surface area contributed by atoms with E-state index < -0.39 is 89.3 Å². The van der Waals surface area contributed by atoms with E-state index in [-0.39, 0.29) is 29.1 Å². The minimum atomic E-state index is -8.04. The number of halogens is 13. The second-order valence-corrected chi connectivity index (χ2v) is 9.95. The molecule has 0 spiro atoms. The number of esters is 2. The molecular formula is C26H23F13N2O6. The first-order chi connectivity index (χ1) is 21.2. The maximum absolute atomic E-state index is 14.1. The van der Waals surface area contributed by atoms with Gasteiger partial charge < -0.3 is 14.8 Å². The van der Waals surface area contributed by atoms with E-state index in [0.29, 0.717) is 0 Å². The lowest BCUT2D eigenvalue weighted by atomic mass is 9.80. The van der Waals surface area contributed by atoms with E-state index >= 15 is 0 Å². The van der Waals surface area contributed by atoms with Crippen molar-refractivity contribution < 1.29 is 81.1 Å². The smallest absolute Gasteiger partial charge is 0.460 e. The van der Waals surface area contributed by atoms with Crippen LogP contribution in [0.15, 0.2) is 46.8 Å². The summed E-state index contributed by atoms with van der Waals surface area (Å²) in [5, 5.41) is 14.0. The highest BCUT2D eigenvalue weighted by Gasteiger charge is 2.90. The van der Waals surface area contributed by atoms with Crippen LogP contribution in [0.5, 0.6) is 0 Å². The Balaban J connectivity index is 2.36. The van der Waals surface area contributed by atoms with Crippen molar-refractivity contribution in [2.24, 2.45) is 0 Å². The van der Waals surface area contributed by atoms with Crippen LogP contribution in [0.3, 0.4) is 0 Å². The van der Waals surface area contributed by atoms with E-state index in [4.69, 9.17) is 9.47 Å². The zero-order valence-electron chi connectivity index (χ0n) is 24.0. The van der Waals surface area contributed by atoms with Gasteiger partial charge >= 0.3 is 47.7 Å². The van der Waals surface area contributed by atoms with Gasteiger partial charge in [0.15, 0.2) is 0 Å². The Bertz CT molecular complexity index is 1450. The van der Waals surface area contributed by atoms with Crippen LogP contribution in [-0.2, 0) is 19.1 Å². The summed E-state index contributed by atoms with van der Waals surface area (Å²) < 4.78 is 183. The second-order valence-electron chi connectivity index (χ2n) is 9.95. The first-order valence-electron chi connectivity index (χ1n) is 12.9. The average Bonchev–Trinajstić information content (AvgIpc) is 2.93. The fraction of sp³-hybridized carbons (Fsp3) is 0.538. The Labute approximate surface area is 255 Å². The number of carbonyl (C=O) groups excluding carboxylic acids is 2. The monoisotopic (exact) mass is 706 g/mol. The molecule has 1 aliphatic heterocycles. The molecule has 47 heavy (non-hydrogen) atoms. The number of non-ortho nitro benzene ring substituents is 1. The summed E-state index contributed by atoms with van der Waals surface area (Å²) in [6, 6.07) is 4.44. The highest BCUT2D eigenvalue weighted by Crippen LogP contribution is 2.60. The fourth-order valence-corrected chi connectivity index (χ4v) is 4.39. The Morgan fingerprint density at radius 3 is 1.77 bits per heavy atom. The van der Waals surface area contributed by atoms with Crippen LogP contribution in [0.2, 0.25) is 0 Å². The molecule has 0 saturated heterocycles. The summed E-state index contributed by atoms with van der Waals surface area (Å²) >= 11 is 0. The predicted octanol–water partition coefficient (Wildman–Crippen LogP) is 7.45. The summed E-state index contributed by atoms with van der Waals surface area (Å²) in [5.74, 6) is -41.7. The molecule has 8 nitrogen and oxygen atoms in total. The van der Waals surface area contributed by atoms with Crippen LogP contribution in [0.1, 0.15) is 45.1 Å². The molecule has 0 saturated carbocycles. The maximum atomic E-state index is 14.1. The average molecular weight is 706 g/mol. The van der Waals surface area contributed by atoms with Crippen molar-refractivity contribution in [2.45, 2.75) is 75.3 Å². The number of benzene rings is 1. The Hall–Kier alpha value is -4.07. The molecule has 264 valence electrons. The molecule has 0 bridgehead atoms. The molecule has 0 radical (unpaired) electrons. The summed E-state index contributed by atoms with van der Waals surface area (Å²) in [5.41, 5.74) is -1.36. The number of rotatable bonds is 13. The quantitative estimate of drug-likeness (QED) is 0.0747. The first kappa shape index (κ1) is 39.1. The molecule has 0 aromatic heterocycles. The zero-order chi connectivity index (χ0) is 36.6. The van der Waals surface area contributed by atoms with Crippen LogP contribution in [0.4, 0.5) is 62.8 Å². The SMILES string of the molecule is CCOC(=O)C1=C(C)NC(C)=C(C(=O)OCCCC(F)(F)C(F)(F)C(F)(F)C(F)(F)C(F)(F)C(F)(F)F)C1c1cccc([N+](=O)[O-])c1. The van der Waals surface area contributed by atoms with Crippen molar-refractivity contribution in [3.63, 3.8) is 0 Å². The third-order valence-electron chi connectivity index (χ3n) is 6.76. The van der Waals surface area contributed by atoms with Crippen molar-refractivity contribution in [1.29, 1.82) is 0 Å². The van der Waals surface area contributed by atoms with Crippen LogP contribution >= 0.6 is 0 Å². The van der Waals surface area contributed by atoms with Gasteiger partial charge in [-0.3, -0.25) is 10.1 Å². The molecule has 1 unspecified atom stereocenters. The number of hydrogen-bond acceptors (Lipinski definition) is 7. The van der Waals surface area contributed by atoms with Gasteiger partial charge in [0.05, 0.1) is 35.2 Å². The van der Waals surface area contributed by atoms with Crippen molar-refractivity contribution in [2.75, 3.05) is 13.2 Å². The van der Waals surface area contributed by atoms with Gasteiger partial charge in [-0.1, -0.05) is 12.1 Å². The highest BCUT2D eigenvalue weighted by atomic mass is 19.4. The summed E-state index contributed by atoms with van der Waals surface area (Å²) in [7, 11) is 0. The van der Waals surface area contributed by atoms with Gasteiger partial charge in [0.2, 0.25) is 0 Å². The van der Waals surface area contributed by atoms with E-state index in [1.165, 1.54) is 32.9 Å². The minimum Gasteiger partial charge on any atom is -0.463 e. The molecule has 1 aliphatic rings. The Morgan fingerprint density at radius 1 is 0.809 bits per heavy atom. The zero-order valence-corrected chi connectivity index (χ0v) is 24.0. The fourth-order valence-electron chi connectivity index (χ4n) is 4.39. The van der Waals surface area contributed by atoms with Crippen molar-refractivity contribution in [3.8, 4) is 0 Å². The molecule has 21 heteroatoms. The maximum Gasteiger partial charge on any atom is 0.460 e. The number of nitro groups is 1. The van der Waals surface area contributed by atoms with Gasteiger partial charge in [0.1, 0.15) is 0 Å². The molecule has 2 rings (SSSR count). The Kier molecular flexibility index (Phi) is 11.0. The van der Waals surface area contributed by atoms with Crippen molar-refractivity contribution in [1.82, 2.24) is 5.32 Å². The predicted molar refractivity (Wildman–Crippen MR) is 132 cm³/mol. The third-order valence-corrected chi connectivity index (χ3v) is 6.76. The number of hydrogen-bond donors (Lipinski definition) is 1. The van der Waals surface area contributed by atoms with E-state index in [1.807, 2.05) is 0 Å². The molecular weight excluding hydrogens is 683 g/mol. The molecule has 1 atom stereocenters. The molecule has 1 aromatic carbocycles. The number of nitro benzene ring substituents is 1. The summed E-state index contributed by atoms with van der Waals surface area (Å²) in [4.78, 5) is 36.4. The number of alkyl halides is 13. The summed E-state index contributed by atoms with van der Waals surface area (Å²) in [6.07, 6.45) is -11.7. The number of dihydropyridines is 1. The van der Waals surface area contributed by atoms with Crippen LogP contribution in [0.25, 0.3) is 0 Å². The molecule has 0 amide bonds. The first-order valence-corrected chi connectivity index (χ1v) is 12.9. The van der Waals surface area contributed by atoms with Gasteiger partial charge in [-0.25, -0.2) is 9.59 Å². The lowest BCUT2D eigenvalue weighted by Gasteiger charge is -2.39. The standard InChI is InChI=1S/C26H23F13N2O6/c1-4-46-19(42)16-12(2)40-13(3)17(18(16)14-7-5-8-15(11-14)41(44)45)20(43)47-10-6-9-21(27,28)22(29,30)23(31,32)24(33,34)25(35,36)26(37,38)39/h5,7-8,11,18,40H,4,6,9-10H2,1-3H3. The van der Waals surface area contributed by atoms with E-state index in [0.717, 1.165) is 12.1 Å². The van der Waals surface area contributed by atoms with Crippen LogP contribution < -0.4 is 5.32 Å². The molecule has 1 aromatic rings. The second kappa shape index (κ2) is 13.2. The van der Waals surface area contributed by atoms with E-state index in [2.05, 4.69) is 5.32 Å². The number of ether oxygens (including phenoxy) is 2. The molecule has 0 aliphatic carbocycles. The highest BCUT2D eigenvalue weighted by molar-refractivity contribution is 6.00. The van der Waals surface area contributed by atoms with Crippen molar-refractivity contribution in [3.05, 3.63) is 62.5 Å². The largest absolute Gasteiger partial charge is 0.463 e. The van der Waals surface area contributed by atoms with Crippen LogP contribution in [0, 0.1) is 10.1 Å². The van der Waals surface area contributed by atoms with Crippen LogP contribution in [-0.4, -0.2) is 65.9 Å². The van der Waals surface area contributed by atoms with Gasteiger partial charge in [0, 0.05) is 29.9 Å². The normalized spacial score (nSPS) is 17.0. The number of nitrogens with zero attached hydrogens (tertiary/aromatic N) is 1.